The SMILES string of the molecule is Nc1cc(S(N)(=O)=O)ccc1SCC(O)CO. The molecule has 0 saturated carbocycles. The number of nitrogen functional groups attached to an aromatic ring is 1. The van der Waals surface area contributed by atoms with Crippen LogP contribution in [-0.4, -0.2) is 37.1 Å². The van der Waals surface area contributed by atoms with Crippen molar-refractivity contribution in [2.45, 2.75) is 15.9 Å². The van der Waals surface area contributed by atoms with E-state index in [1.807, 2.05) is 0 Å². The maximum Gasteiger partial charge on any atom is 0.238 e. The minimum atomic E-state index is -3.76. The summed E-state index contributed by atoms with van der Waals surface area (Å²) in [6, 6.07) is 4.13. The van der Waals surface area contributed by atoms with Gasteiger partial charge < -0.3 is 15.9 Å². The molecular formula is C9H14N2O4S2. The van der Waals surface area contributed by atoms with Crippen LogP contribution in [0.25, 0.3) is 0 Å². The Morgan fingerprint density at radius 3 is 2.53 bits per heavy atom. The minimum absolute atomic E-state index is 0.0537. The number of benzene rings is 1. The predicted molar refractivity (Wildman–Crippen MR) is 66.0 cm³/mol. The fourth-order valence-corrected chi connectivity index (χ4v) is 2.49. The Hall–Kier alpha value is -0.800. The van der Waals surface area contributed by atoms with Gasteiger partial charge in [-0.3, -0.25) is 0 Å². The molecule has 0 aliphatic heterocycles. The van der Waals surface area contributed by atoms with E-state index in [-0.39, 0.29) is 22.9 Å². The molecular weight excluding hydrogens is 264 g/mol. The Labute approximate surface area is 104 Å². The smallest absolute Gasteiger partial charge is 0.238 e. The van der Waals surface area contributed by atoms with E-state index >= 15 is 0 Å². The fraction of sp³-hybridized carbons (Fsp3) is 0.333. The number of nitrogens with two attached hydrogens (primary N) is 2. The van der Waals surface area contributed by atoms with Gasteiger partial charge in [-0.15, -0.1) is 11.8 Å². The van der Waals surface area contributed by atoms with Crippen molar-refractivity contribution in [2.24, 2.45) is 5.14 Å². The summed E-state index contributed by atoms with van der Waals surface area (Å²) >= 11 is 1.23. The quantitative estimate of drug-likeness (QED) is 0.419. The van der Waals surface area contributed by atoms with Gasteiger partial charge in [0, 0.05) is 16.3 Å². The molecule has 0 aliphatic rings. The lowest BCUT2D eigenvalue weighted by molar-refractivity contribution is 0.113. The number of aliphatic hydroxyl groups excluding tert-OH is 2. The van der Waals surface area contributed by atoms with Crippen molar-refractivity contribution in [1.82, 2.24) is 0 Å². The normalized spacial score (nSPS) is 13.6. The minimum Gasteiger partial charge on any atom is -0.398 e. The average molecular weight is 278 g/mol. The first-order valence-electron chi connectivity index (χ1n) is 4.68. The van der Waals surface area contributed by atoms with Crippen molar-refractivity contribution in [3.8, 4) is 0 Å². The summed E-state index contributed by atoms with van der Waals surface area (Å²) in [5, 5.41) is 22.8. The highest BCUT2D eigenvalue weighted by atomic mass is 32.2. The molecule has 6 N–H and O–H groups in total. The van der Waals surface area contributed by atoms with Crippen molar-refractivity contribution < 1.29 is 18.6 Å². The molecule has 6 nitrogen and oxygen atoms in total. The summed E-state index contributed by atoms with van der Waals surface area (Å²) in [5.41, 5.74) is 5.93. The van der Waals surface area contributed by atoms with Crippen LogP contribution in [-0.2, 0) is 10.0 Å². The largest absolute Gasteiger partial charge is 0.398 e. The molecule has 1 atom stereocenters. The van der Waals surface area contributed by atoms with Gasteiger partial charge in [0.15, 0.2) is 0 Å². The Balaban J connectivity index is 2.84. The number of aliphatic hydroxyl groups is 2. The number of hydrogen-bond acceptors (Lipinski definition) is 6. The maximum atomic E-state index is 11.1. The standard InChI is InChI=1S/C9H14N2O4S2/c10-8-3-7(17(11,14)15)1-2-9(8)16-5-6(13)4-12/h1-3,6,12-13H,4-5,10H2,(H2,11,14,15). The molecule has 0 bridgehead atoms. The molecule has 8 heteroatoms. The molecule has 0 radical (unpaired) electrons. The van der Waals surface area contributed by atoms with Crippen LogP contribution in [0.4, 0.5) is 5.69 Å². The van der Waals surface area contributed by atoms with E-state index in [1.54, 1.807) is 0 Å². The number of rotatable bonds is 5. The van der Waals surface area contributed by atoms with Crippen LogP contribution >= 0.6 is 11.8 Å². The zero-order valence-electron chi connectivity index (χ0n) is 8.91. The second-order valence-corrected chi connectivity index (χ2v) is 6.02. The summed E-state index contributed by atoms with van der Waals surface area (Å²) in [6.07, 6.45) is -0.836. The van der Waals surface area contributed by atoms with E-state index in [9.17, 15) is 8.42 Å². The third kappa shape index (κ3) is 4.17. The second-order valence-electron chi connectivity index (χ2n) is 3.39. The van der Waals surface area contributed by atoms with E-state index < -0.39 is 16.1 Å². The third-order valence-electron chi connectivity index (χ3n) is 1.95. The molecule has 0 saturated heterocycles. The summed E-state index contributed by atoms with van der Waals surface area (Å²) in [6.45, 7) is -0.331. The van der Waals surface area contributed by atoms with Crippen molar-refractivity contribution in [3.05, 3.63) is 18.2 Å². The molecule has 96 valence electrons. The fourth-order valence-electron chi connectivity index (χ4n) is 1.07. The highest BCUT2D eigenvalue weighted by Crippen LogP contribution is 2.27. The van der Waals surface area contributed by atoms with Gasteiger partial charge >= 0.3 is 0 Å². The van der Waals surface area contributed by atoms with Gasteiger partial charge in [-0.05, 0) is 18.2 Å². The zero-order chi connectivity index (χ0) is 13.1. The number of anilines is 1. The number of primary sulfonamides is 1. The Bertz CT molecular complexity index is 490. The lowest BCUT2D eigenvalue weighted by atomic mass is 10.3. The third-order valence-corrected chi connectivity index (χ3v) is 4.10. The van der Waals surface area contributed by atoms with Gasteiger partial charge in [0.1, 0.15) is 0 Å². The first kappa shape index (κ1) is 14.3. The highest BCUT2D eigenvalue weighted by molar-refractivity contribution is 7.99. The molecule has 0 fully saturated rings. The molecule has 0 amide bonds. The van der Waals surface area contributed by atoms with E-state index in [0.29, 0.717) is 4.90 Å². The van der Waals surface area contributed by atoms with Crippen molar-refractivity contribution in [3.63, 3.8) is 0 Å². The van der Waals surface area contributed by atoms with Gasteiger partial charge in [-0.1, -0.05) is 0 Å². The first-order chi connectivity index (χ1) is 7.84. The molecule has 1 aromatic carbocycles. The summed E-state index contributed by atoms with van der Waals surface area (Å²) < 4.78 is 22.1. The molecule has 0 aliphatic carbocycles. The maximum absolute atomic E-state index is 11.1. The Morgan fingerprint density at radius 1 is 1.41 bits per heavy atom. The van der Waals surface area contributed by atoms with Crippen molar-refractivity contribution >= 4 is 27.5 Å². The molecule has 17 heavy (non-hydrogen) atoms. The van der Waals surface area contributed by atoms with Crippen LogP contribution in [0.15, 0.2) is 28.0 Å². The summed E-state index contributed by atoms with van der Waals surface area (Å²) in [7, 11) is -3.76. The molecule has 1 rings (SSSR count). The lowest BCUT2D eigenvalue weighted by Gasteiger charge is -2.09. The van der Waals surface area contributed by atoms with E-state index in [1.165, 1.54) is 30.0 Å². The van der Waals surface area contributed by atoms with Gasteiger partial charge in [0.25, 0.3) is 0 Å². The Morgan fingerprint density at radius 2 is 2.06 bits per heavy atom. The van der Waals surface area contributed by atoms with E-state index in [4.69, 9.17) is 21.1 Å². The van der Waals surface area contributed by atoms with Gasteiger partial charge in [0.2, 0.25) is 10.0 Å². The van der Waals surface area contributed by atoms with Crippen molar-refractivity contribution in [2.75, 3.05) is 18.1 Å². The number of thioether (sulfide) groups is 1. The monoisotopic (exact) mass is 278 g/mol. The predicted octanol–water partition coefficient (Wildman–Crippen LogP) is -0.639. The number of sulfonamides is 1. The van der Waals surface area contributed by atoms with Gasteiger partial charge in [-0.2, -0.15) is 0 Å². The van der Waals surface area contributed by atoms with Crippen LogP contribution in [0.1, 0.15) is 0 Å². The van der Waals surface area contributed by atoms with Crippen LogP contribution < -0.4 is 10.9 Å². The first-order valence-corrected chi connectivity index (χ1v) is 7.22. The Kier molecular flexibility index (Phi) is 4.78. The highest BCUT2D eigenvalue weighted by Gasteiger charge is 2.11. The zero-order valence-corrected chi connectivity index (χ0v) is 10.5. The van der Waals surface area contributed by atoms with Crippen LogP contribution in [0, 0.1) is 0 Å². The van der Waals surface area contributed by atoms with E-state index in [2.05, 4.69) is 0 Å². The summed E-state index contributed by atoms with van der Waals surface area (Å²) in [4.78, 5) is 0.576. The molecule has 0 spiro atoms. The topological polar surface area (TPSA) is 127 Å². The molecule has 0 heterocycles. The molecule has 1 unspecified atom stereocenters. The van der Waals surface area contributed by atoms with Gasteiger partial charge in [-0.25, -0.2) is 13.6 Å². The second kappa shape index (κ2) is 5.69. The van der Waals surface area contributed by atoms with Crippen LogP contribution in [0.3, 0.4) is 0 Å². The lowest BCUT2D eigenvalue weighted by Crippen LogP contribution is -2.15. The van der Waals surface area contributed by atoms with Gasteiger partial charge in [0.05, 0.1) is 17.6 Å². The summed E-state index contributed by atoms with van der Waals surface area (Å²) in [5.74, 6) is 0.273. The van der Waals surface area contributed by atoms with E-state index in [0.717, 1.165) is 0 Å². The molecule has 1 aromatic rings. The van der Waals surface area contributed by atoms with Crippen molar-refractivity contribution in [1.29, 1.82) is 0 Å². The van der Waals surface area contributed by atoms with Crippen LogP contribution in [0.5, 0.6) is 0 Å². The van der Waals surface area contributed by atoms with Crippen LogP contribution in [0.2, 0.25) is 0 Å². The average Bonchev–Trinajstić information content (AvgIpc) is 2.25. The number of hydrogen-bond donors (Lipinski definition) is 4. The molecule has 0 aromatic heterocycles.